The molecule has 0 radical (unpaired) electrons. The van der Waals surface area contributed by atoms with Crippen LogP contribution in [-0.2, 0) is 11.3 Å². The Bertz CT molecular complexity index is 968. The number of hydrogen-bond acceptors (Lipinski definition) is 6. The van der Waals surface area contributed by atoms with E-state index in [0.29, 0.717) is 49.4 Å². The molecule has 0 aliphatic carbocycles. The van der Waals surface area contributed by atoms with Gasteiger partial charge in [-0.2, -0.15) is 8.78 Å². The molecule has 4 rings (SSSR count). The number of pyridine rings is 1. The molecule has 4 heterocycles. The standard InChI is InChI=1S/C18H23F2N7O/c1-10(2)7-27-16(13-6-11(3)23-15-14(13)21-9-22-15)24-25-18(27)26-5-4-12(8-26)28-17(19)20/h6,9-10,12,17H,4-5,7-8H2,1-3H3,(H,21,22,23)/t12-/m0/s1. The lowest BCUT2D eigenvalue weighted by Gasteiger charge is -2.20. The highest BCUT2D eigenvalue weighted by molar-refractivity contribution is 5.87. The topological polar surface area (TPSA) is 84.8 Å². The maximum Gasteiger partial charge on any atom is 0.345 e. The minimum Gasteiger partial charge on any atom is -0.343 e. The Morgan fingerprint density at radius 1 is 1.32 bits per heavy atom. The fraction of sp³-hybridized carbons (Fsp3) is 0.556. The van der Waals surface area contributed by atoms with E-state index in [1.54, 1.807) is 6.33 Å². The average molecular weight is 391 g/mol. The SMILES string of the molecule is Cc1cc(-c2nnc(N3CC[C@H](OC(F)F)C3)n2CC(C)C)c2[nH]cnc2n1. The maximum absolute atomic E-state index is 12.6. The zero-order chi connectivity index (χ0) is 19.8. The molecule has 0 aromatic carbocycles. The molecule has 1 N–H and O–H groups in total. The van der Waals surface area contributed by atoms with Crippen molar-refractivity contribution in [2.24, 2.45) is 5.92 Å². The van der Waals surface area contributed by atoms with Crippen LogP contribution in [0, 0.1) is 12.8 Å². The van der Waals surface area contributed by atoms with Gasteiger partial charge >= 0.3 is 6.61 Å². The van der Waals surface area contributed by atoms with Gasteiger partial charge in [-0.1, -0.05) is 13.8 Å². The molecule has 10 heteroatoms. The number of aromatic nitrogens is 6. The Balaban J connectivity index is 1.74. The molecule has 28 heavy (non-hydrogen) atoms. The number of ether oxygens (including phenoxy) is 1. The van der Waals surface area contributed by atoms with Gasteiger partial charge in [-0.25, -0.2) is 9.97 Å². The van der Waals surface area contributed by atoms with Gasteiger partial charge in [0.25, 0.3) is 0 Å². The number of imidazole rings is 1. The molecule has 1 aliphatic rings. The van der Waals surface area contributed by atoms with E-state index in [0.717, 1.165) is 16.8 Å². The molecule has 1 saturated heterocycles. The van der Waals surface area contributed by atoms with Gasteiger partial charge in [0.1, 0.15) is 0 Å². The zero-order valence-corrected chi connectivity index (χ0v) is 16.1. The molecule has 150 valence electrons. The van der Waals surface area contributed by atoms with Crippen molar-refractivity contribution >= 4 is 17.1 Å². The van der Waals surface area contributed by atoms with Crippen LogP contribution in [0.3, 0.4) is 0 Å². The fourth-order valence-corrected chi connectivity index (χ4v) is 3.65. The molecule has 0 spiro atoms. The monoisotopic (exact) mass is 391 g/mol. The van der Waals surface area contributed by atoms with E-state index < -0.39 is 12.7 Å². The number of fused-ring (bicyclic) bond motifs is 1. The normalized spacial score (nSPS) is 17.5. The van der Waals surface area contributed by atoms with Crippen molar-refractivity contribution in [3.63, 3.8) is 0 Å². The van der Waals surface area contributed by atoms with Gasteiger partial charge in [0.05, 0.1) is 17.9 Å². The van der Waals surface area contributed by atoms with Gasteiger partial charge in [0, 0.05) is 30.9 Å². The second-order valence-corrected chi connectivity index (χ2v) is 7.49. The van der Waals surface area contributed by atoms with Crippen LogP contribution in [0.1, 0.15) is 26.0 Å². The summed E-state index contributed by atoms with van der Waals surface area (Å²) in [5.41, 5.74) is 3.14. The number of alkyl halides is 2. The van der Waals surface area contributed by atoms with E-state index in [1.165, 1.54) is 0 Å². The number of rotatable bonds is 6. The van der Waals surface area contributed by atoms with Crippen molar-refractivity contribution in [2.75, 3.05) is 18.0 Å². The van der Waals surface area contributed by atoms with Crippen molar-refractivity contribution < 1.29 is 13.5 Å². The lowest BCUT2D eigenvalue weighted by molar-refractivity contribution is -0.156. The molecule has 0 bridgehead atoms. The molecule has 1 aliphatic heterocycles. The van der Waals surface area contributed by atoms with Crippen LogP contribution in [0.4, 0.5) is 14.7 Å². The summed E-state index contributed by atoms with van der Waals surface area (Å²) in [4.78, 5) is 13.8. The third-order valence-corrected chi connectivity index (χ3v) is 4.77. The lowest BCUT2D eigenvalue weighted by Crippen LogP contribution is -2.27. The van der Waals surface area contributed by atoms with Gasteiger partial charge in [0.2, 0.25) is 5.95 Å². The van der Waals surface area contributed by atoms with Crippen LogP contribution in [0.15, 0.2) is 12.4 Å². The Hall–Kier alpha value is -2.62. The lowest BCUT2D eigenvalue weighted by atomic mass is 10.1. The Morgan fingerprint density at radius 3 is 2.89 bits per heavy atom. The van der Waals surface area contributed by atoms with Crippen molar-refractivity contribution in [2.45, 2.75) is 46.5 Å². The molecule has 3 aromatic heterocycles. The summed E-state index contributed by atoms with van der Waals surface area (Å²) in [7, 11) is 0. The van der Waals surface area contributed by atoms with Crippen molar-refractivity contribution in [3.8, 4) is 11.4 Å². The van der Waals surface area contributed by atoms with Crippen molar-refractivity contribution in [3.05, 3.63) is 18.1 Å². The minimum atomic E-state index is -2.76. The van der Waals surface area contributed by atoms with Gasteiger partial charge in [-0.15, -0.1) is 10.2 Å². The molecule has 0 unspecified atom stereocenters. The molecular weight excluding hydrogens is 368 g/mol. The van der Waals surface area contributed by atoms with E-state index in [1.807, 2.05) is 22.5 Å². The van der Waals surface area contributed by atoms with Gasteiger partial charge in [-0.05, 0) is 25.3 Å². The number of aromatic amines is 1. The van der Waals surface area contributed by atoms with E-state index in [9.17, 15) is 8.78 Å². The first kappa shape index (κ1) is 18.7. The third-order valence-electron chi connectivity index (χ3n) is 4.77. The molecule has 3 aromatic rings. The summed E-state index contributed by atoms with van der Waals surface area (Å²) in [5, 5.41) is 8.85. The van der Waals surface area contributed by atoms with Crippen molar-refractivity contribution in [1.82, 2.24) is 29.7 Å². The summed E-state index contributed by atoms with van der Waals surface area (Å²) in [6, 6.07) is 1.96. The number of hydrogen-bond donors (Lipinski definition) is 1. The van der Waals surface area contributed by atoms with Crippen LogP contribution in [0.25, 0.3) is 22.6 Å². The summed E-state index contributed by atoms with van der Waals surface area (Å²) < 4.78 is 31.8. The maximum atomic E-state index is 12.6. The first-order valence-corrected chi connectivity index (χ1v) is 9.35. The highest BCUT2D eigenvalue weighted by Crippen LogP contribution is 2.30. The van der Waals surface area contributed by atoms with Gasteiger partial charge in [-0.3, -0.25) is 4.57 Å². The summed E-state index contributed by atoms with van der Waals surface area (Å²) in [6.07, 6.45) is 1.64. The second-order valence-electron chi connectivity index (χ2n) is 7.49. The minimum absolute atomic E-state index is 0.351. The van der Waals surface area contributed by atoms with E-state index in [4.69, 9.17) is 0 Å². The highest BCUT2D eigenvalue weighted by Gasteiger charge is 2.30. The molecular formula is C18H23F2N7O. The largest absolute Gasteiger partial charge is 0.345 e. The van der Waals surface area contributed by atoms with Crippen LogP contribution < -0.4 is 4.90 Å². The smallest absolute Gasteiger partial charge is 0.343 e. The third kappa shape index (κ3) is 3.56. The summed E-state index contributed by atoms with van der Waals surface area (Å²) in [5.74, 6) is 1.73. The zero-order valence-electron chi connectivity index (χ0n) is 16.1. The predicted octanol–water partition coefficient (Wildman–Crippen LogP) is 3.00. The van der Waals surface area contributed by atoms with Gasteiger partial charge < -0.3 is 14.6 Å². The molecule has 1 atom stereocenters. The number of halogens is 2. The number of anilines is 1. The molecule has 0 amide bonds. The average Bonchev–Trinajstić information content (AvgIpc) is 3.32. The van der Waals surface area contributed by atoms with E-state index in [2.05, 4.69) is 43.7 Å². The van der Waals surface area contributed by atoms with Gasteiger partial charge in [0.15, 0.2) is 11.5 Å². The number of H-pyrrole nitrogens is 1. The Labute approximate surface area is 160 Å². The van der Waals surface area contributed by atoms with E-state index in [-0.39, 0.29) is 0 Å². The van der Waals surface area contributed by atoms with Crippen LogP contribution >= 0.6 is 0 Å². The predicted molar refractivity (Wildman–Crippen MR) is 100 cm³/mol. The molecule has 1 fully saturated rings. The molecule has 8 nitrogen and oxygen atoms in total. The summed E-state index contributed by atoms with van der Waals surface area (Å²) in [6.45, 7) is 5.05. The highest BCUT2D eigenvalue weighted by atomic mass is 19.3. The number of nitrogens with zero attached hydrogens (tertiary/aromatic N) is 6. The number of aryl methyl sites for hydroxylation is 1. The summed E-state index contributed by atoms with van der Waals surface area (Å²) >= 11 is 0. The Kier molecular flexibility index (Phi) is 4.96. The molecule has 0 saturated carbocycles. The second kappa shape index (κ2) is 7.42. The van der Waals surface area contributed by atoms with Crippen LogP contribution in [-0.4, -0.2) is 55.5 Å². The van der Waals surface area contributed by atoms with E-state index >= 15 is 0 Å². The number of nitrogens with one attached hydrogen (secondary N) is 1. The fourth-order valence-electron chi connectivity index (χ4n) is 3.65. The van der Waals surface area contributed by atoms with Crippen LogP contribution in [0.2, 0.25) is 0 Å². The quantitative estimate of drug-likeness (QED) is 0.695. The Morgan fingerprint density at radius 2 is 2.14 bits per heavy atom. The first-order valence-electron chi connectivity index (χ1n) is 9.35. The first-order chi connectivity index (χ1) is 13.4. The van der Waals surface area contributed by atoms with Crippen LogP contribution in [0.5, 0.6) is 0 Å². The van der Waals surface area contributed by atoms with Crippen molar-refractivity contribution in [1.29, 1.82) is 0 Å².